The minimum absolute atomic E-state index is 0.0188. The molecule has 0 unspecified atom stereocenters. The van der Waals surface area contributed by atoms with Gasteiger partial charge in [0, 0.05) is 34.5 Å². The summed E-state index contributed by atoms with van der Waals surface area (Å²) in [6.07, 6.45) is 4.61. The smallest absolute Gasteiger partial charge is 0.268 e. The van der Waals surface area contributed by atoms with Gasteiger partial charge in [0.1, 0.15) is 5.69 Å². The molecule has 0 fully saturated rings. The maximum atomic E-state index is 12.2. The summed E-state index contributed by atoms with van der Waals surface area (Å²) >= 11 is 5.93. The van der Waals surface area contributed by atoms with Crippen LogP contribution in [0.2, 0.25) is 5.02 Å². The van der Waals surface area contributed by atoms with Gasteiger partial charge >= 0.3 is 0 Å². The van der Waals surface area contributed by atoms with Gasteiger partial charge in [-0.2, -0.15) is 0 Å². The first-order valence-electron chi connectivity index (χ1n) is 6.54. The second-order valence-corrected chi connectivity index (χ2v) is 5.49. The molecular weight excluding hydrogens is 276 g/mol. The lowest BCUT2D eigenvalue weighted by Crippen LogP contribution is -2.33. The summed E-state index contributed by atoms with van der Waals surface area (Å²) in [5.41, 5.74) is 1.40. The Hall–Kier alpha value is -1.78. The Bertz CT molecular complexity index is 678. The van der Waals surface area contributed by atoms with E-state index in [0.717, 1.165) is 17.3 Å². The number of nitrogens with one attached hydrogen (secondary N) is 2. The van der Waals surface area contributed by atoms with Crippen molar-refractivity contribution in [3.05, 3.63) is 47.1 Å². The number of benzene rings is 1. The molecular formula is C15H15ClN2O2. The predicted octanol–water partition coefficient (Wildman–Crippen LogP) is 2.49. The molecule has 1 aromatic heterocycles. The van der Waals surface area contributed by atoms with Crippen LogP contribution in [0, 0.1) is 5.92 Å². The van der Waals surface area contributed by atoms with Crippen molar-refractivity contribution < 1.29 is 9.90 Å². The molecule has 4 nitrogen and oxygen atoms in total. The quantitative estimate of drug-likeness (QED) is 0.761. The molecule has 1 heterocycles. The van der Waals surface area contributed by atoms with E-state index in [-0.39, 0.29) is 24.5 Å². The molecule has 20 heavy (non-hydrogen) atoms. The predicted molar refractivity (Wildman–Crippen MR) is 78.9 cm³/mol. The zero-order valence-corrected chi connectivity index (χ0v) is 11.5. The Morgan fingerprint density at radius 3 is 3.00 bits per heavy atom. The molecule has 5 heteroatoms. The van der Waals surface area contributed by atoms with Crippen LogP contribution in [0.25, 0.3) is 10.9 Å². The minimum atomic E-state index is -0.148. The van der Waals surface area contributed by atoms with Crippen molar-refractivity contribution >= 4 is 28.4 Å². The van der Waals surface area contributed by atoms with E-state index < -0.39 is 0 Å². The second kappa shape index (κ2) is 5.31. The molecule has 3 rings (SSSR count). The topological polar surface area (TPSA) is 65.1 Å². The molecule has 3 N–H and O–H groups in total. The van der Waals surface area contributed by atoms with Crippen LogP contribution < -0.4 is 5.32 Å². The molecule has 2 atom stereocenters. The number of aliphatic hydroxyl groups is 1. The van der Waals surface area contributed by atoms with Gasteiger partial charge in [-0.3, -0.25) is 4.79 Å². The third-order valence-electron chi connectivity index (χ3n) is 3.55. The molecule has 0 radical (unpaired) electrons. The molecule has 1 amide bonds. The lowest BCUT2D eigenvalue weighted by molar-refractivity contribution is 0.0937. The average Bonchev–Trinajstić information content (AvgIpc) is 3.04. The van der Waals surface area contributed by atoms with Crippen molar-refractivity contribution in [2.75, 3.05) is 6.61 Å². The number of aromatic amines is 1. The van der Waals surface area contributed by atoms with Gasteiger partial charge in [0.25, 0.3) is 5.91 Å². The van der Waals surface area contributed by atoms with Crippen molar-refractivity contribution in [3.63, 3.8) is 0 Å². The molecule has 104 valence electrons. The number of carbonyl (C=O) groups excluding carboxylic acids is 1. The van der Waals surface area contributed by atoms with E-state index >= 15 is 0 Å². The highest BCUT2D eigenvalue weighted by Crippen LogP contribution is 2.21. The van der Waals surface area contributed by atoms with Crippen molar-refractivity contribution in [1.82, 2.24) is 10.3 Å². The first kappa shape index (κ1) is 13.2. The van der Waals surface area contributed by atoms with Crippen LogP contribution in [-0.2, 0) is 0 Å². The first-order chi connectivity index (χ1) is 9.65. The maximum absolute atomic E-state index is 12.2. The van der Waals surface area contributed by atoms with E-state index in [0.29, 0.717) is 10.7 Å². The van der Waals surface area contributed by atoms with E-state index in [4.69, 9.17) is 16.7 Å². The Labute approximate surface area is 121 Å². The molecule has 1 aliphatic carbocycles. The second-order valence-electron chi connectivity index (χ2n) is 5.06. The Morgan fingerprint density at radius 1 is 1.40 bits per heavy atom. The normalized spacial score (nSPS) is 21.5. The zero-order chi connectivity index (χ0) is 14.1. The van der Waals surface area contributed by atoms with E-state index in [2.05, 4.69) is 10.3 Å². The lowest BCUT2D eigenvalue weighted by atomic mass is 10.1. The van der Waals surface area contributed by atoms with Crippen LogP contribution in [-0.4, -0.2) is 28.6 Å². The molecule has 1 aliphatic rings. The van der Waals surface area contributed by atoms with Crippen LogP contribution in [0.1, 0.15) is 16.9 Å². The van der Waals surface area contributed by atoms with E-state index in [1.54, 1.807) is 12.1 Å². The largest absolute Gasteiger partial charge is 0.396 e. The average molecular weight is 291 g/mol. The van der Waals surface area contributed by atoms with Gasteiger partial charge in [0.05, 0.1) is 0 Å². The van der Waals surface area contributed by atoms with Crippen LogP contribution in [0.5, 0.6) is 0 Å². The van der Waals surface area contributed by atoms with Gasteiger partial charge in [0.2, 0.25) is 0 Å². The Kier molecular flexibility index (Phi) is 3.51. The molecule has 0 saturated heterocycles. The SMILES string of the molecule is O=C(N[C@@H]1C=C[C@H](CO)C1)c1cc2cc(Cl)ccc2[nH]1. The van der Waals surface area contributed by atoms with Crippen LogP contribution in [0.15, 0.2) is 36.4 Å². The third kappa shape index (κ3) is 2.57. The highest BCUT2D eigenvalue weighted by atomic mass is 35.5. The fourth-order valence-corrected chi connectivity index (χ4v) is 2.67. The minimum Gasteiger partial charge on any atom is -0.396 e. The summed E-state index contributed by atoms with van der Waals surface area (Å²) in [6.45, 7) is 0.119. The van der Waals surface area contributed by atoms with Gasteiger partial charge in [-0.05, 0) is 30.7 Å². The molecule has 2 aromatic rings. The number of aliphatic hydroxyl groups excluding tert-OH is 1. The summed E-state index contributed by atoms with van der Waals surface area (Å²) in [5.74, 6) is -0.00705. The van der Waals surface area contributed by atoms with E-state index in [1.807, 2.05) is 24.3 Å². The number of amides is 1. The Balaban J connectivity index is 1.74. The number of H-pyrrole nitrogens is 1. The van der Waals surface area contributed by atoms with Crippen molar-refractivity contribution in [1.29, 1.82) is 0 Å². The van der Waals surface area contributed by atoms with Crippen molar-refractivity contribution in [2.45, 2.75) is 12.5 Å². The monoisotopic (exact) mass is 290 g/mol. The maximum Gasteiger partial charge on any atom is 0.268 e. The van der Waals surface area contributed by atoms with E-state index in [1.165, 1.54) is 0 Å². The molecule has 0 saturated carbocycles. The number of carbonyl (C=O) groups is 1. The lowest BCUT2D eigenvalue weighted by Gasteiger charge is -2.11. The van der Waals surface area contributed by atoms with Gasteiger partial charge in [-0.1, -0.05) is 23.8 Å². The fourth-order valence-electron chi connectivity index (χ4n) is 2.49. The zero-order valence-electron chi connectivity index (χ0n) is 10.8. The molecule has 0 spiro atoms. The van der Waals surface area contributed by atoms with Gasteiger partial charge in [-0.25, -0.2) is 0 Å². The number of halogens is 1. The molecule has 0 aliphatic heterocycles. The van der Waals surface area contributed by atoms with Gasteiger partial charge in [-0.15, -0.1) is 0 Å². The summed E-state index contributed by atoms with van der Waals surface area (Å²) in [4.78, 5) is 15.3. The van der Waals surface area contributed by atoms with Crippen LogP contribution in [0.4, 0.5) is 0 Å². The number of hydrogen-bond acceptors (Lipinski definition) is 2. The standard InChI is InChI=1S/C15H15ClN2O2/c16-11-2-4-13-10(6-11)7-14(18-13)15(20)17-12-3-1-9(5-12)8-19/h1-4,6-7,9,12,18-19H,5,8H2,(H,17,20)/t9-,12+/m0/s1. The summed E-state index contributed by atoms with van der Waals surface area (Å²) in [5, 5.41) is 13.6. The highest BCUT2D eigenvalue weighted by Gasteiger charge is 2.20. The summed E-state index contributed by atoms with van der Waals surface area (Å²) in [7, 11) is 0. The number of rotatable bonds is 3. The number of aromatic nitrogens is 1. The van der Waals surface area contributed by atoms with E-state index in [9.17, 15) is 4.79 Å². The highest BCUT2D eigenvalue weighted by molar-refractivity contribution is 6.31. The summed E-state index contributed by atoms with van der Waals surface area (Å²) in [6, 6.07) is 7.23. The molecule has 1 aromatic carbocycles. The first-order valence-corrected chi connectivity index (χ1v) is 6.92. The summed E-state index contributed by atoms with van der Waals surface area (Å²) < 4.78 is 0. The van der Waals surface area contributed by atoms with Crippen molar-refractivity contribution in [2.24, 2.45) is 5.92 Å². The number of hydrogen-bond donors (Lipinski definition) is 3. The van der Waals surface area contributed by atoms with Crippen molar-refractivity contribution in [3.8, 4) is 0 Å². The fraction of sp³-hybridized carbons (Fsp3) is 0.267. The number of fused-ring (bicyclic) bond motifs is 1. The third-order valence-corrected chi connectivity index (χ3v) is 3.79. The van der Waals surface area contributed by atoms with Crippen LogP contribution >= 0.6 is 11.6 Å². The van der Waals surface area contributed by atoms with Crippen LogP contribution in [0.3, 0.4) is 0 Å². The molecule has 0 bridgehead atoms. The van der Waals surface area contributed by atoms with Gasteiger partial charge < -0.3 is 15.4 Å². The van der Waals surface area contributed by atoms with Gasteiger partial charge in [0.15, 0.2) is 0 Å². The Morgan fingerprint density at radius 2 is 2.25 bits per heavy atom.